The fraction of sp³-hybridized carbons (Fsp3) is 0.150. The van der Waals surface area contributed by atoms with E-state index in [1.165, 1.54) is 31.7 Å². The molecular weight excluding hydrogens is 684 g/mol. The molecule has 0 saturated heterocycles. The number of unbranched alkanes of at least 4 members (excludes halogenated alkanes) is 1. The first-order chi connectivity index (χ1) is 25.8. The van der Waals surface area contributed by atoms with Crippen LogP contribution in [0.2, 0.25) is 0 Å². The molecular formula is C40H36N2O11. The summed E-state index contributed by atoms with van der Waals surface area (Å²) in [4.78, 5) is 58.1. The summed E-state index contributed by atoms with van der Waals surface area (Å²) in [7, 11) is 1.25. The molecule has 4 aromatic rings. The molecule has 0 atom stereocenters. The van der Waals surface area contributed by atoms with Gasteiger partial charge in [-0.3, -0.25) is 0 Å². The van der Waals surface area contributed by atoms with Crippen LogP contribution in [0.4, 0.5) is 0 Å². The van der Waals surface area contributed by atoms with Gasteiger partial charge in [-0.15, -0.1) is 0 Å². The van der Waals surface area contributed by atoms with E-state index < -0.39 is 23.9 Å². The van der Waals surface area contributed by atoms with Crippen molar-refractivity contribution < 1.29 is 52.6 Å². The van der Waals surface area contributed by atoms with Crippen molar-refractivity contribution >= 4 is 36.3 Å². The van der Waals surface area contributed by atoms with Crippen molar-refractivity contribution in [2.24, 2.45) is 10.2 Å². The highest BCUT2D eigenvalue weighted by Crippen LogP contribution is 2.22. The molecule has 4 rings (SSSR count). The molecule has 0 aliphatic carbocycles. The number of esters is 4. The maximum Gasteiger partial charge on any atom is 0.343 e. The van der Waals surface area contributed by atoms with Gasteiger partial charge >= 0.3 is 23.9 Å². The van der Waals surface area contributed by atoms with Crippen LogP contribution in [0.15, 0.2) is 127 Å². The van der Waals surface area contributed by atoms with Crippen LogP contribution >= 0.6 is 0 Å². The van der Waals surface area contributed by atoms with Crippen molar-refractivity contribution in [1.82, 2.24) is 0 Å². The lowest BCUT2D eigenvalue weighted by molar-refractivity contribution is -0.217. The Kier molecular flexibility index (Phi) is 15.2. The highest BCUT2D eigenvalue weighted by atomic mass is 17.2. The van der Waals surface area contributed by atoms with Crippen LogP contribution in [0.3, 0.4) is 0 Å². The Morgan fingerprint density at radius 2 is 1.26 bits per heavy atom. The topological polar surface area (TPSA) is 158 Å². The van der Waals surface area contributed by atoms with Crippen molar-refractivity contribution in [1.29, 1.82) is 0 Å². The third kappa shape index (κ3) is 13.1. The van der Waals surface area contributed by atoms with Crippen molar-refractivity contribution in [2.75, 3.05) is 20.3 Å². The highest BCUT2D eigenvalue weighted by molar-refractivity contribution is 5.95. The van der Waals surface area contributed by atoms with Gasteiger partial charge in [0.15, 0.2) is 5.75 Å². The van der Waals surface area contributed by atoms with Gasteiger partial charge in [0.1, 0.15) is 29.4 Å². The summed E-state index contributed by atoms with van der Waals surface area (Å²) in [6.07, 6.45) is 6.50. The Morgan fingerprint density at radius 3 is 1.94 bits per heavy atom. The van der Waals surface area contributed by atoms with Gasteiger partial charge in [-0.2, -0.15) is 15.1 Å². The standard InChI is InChI=1S/C40H36N2O11/c1-4-37(43)49-23-7-6-22-48-32-19-13-31(14-20-32)39(45)52-34-15-8-28(9-16-34)25-41-42-26-30-12-21-36(35(24-30)40(46)47-3)53-50-27-29-10-17-33(18-11-29)51-38(44)5-2/h4-5,8-21,24-26H,1-2,6-7,22-23,27H2,3H3. The molecule has 0 aliphatic heterocycles. The summed E-state index contributed by atoms with van der Waals surface area (Å²) in [5.41, 5.74) is 2.44. The van der Waals surface area contributed by atoms with Crippen LogP contribution in [0, 0.1) is 0 Å². The number of ether oxygens (including phenoxy) is 5. The number of hydrogen-bond donors (Lipinski definition) is 0. The summed E-state index contributed by atoms with van der Waals surface area (Å²) >= 11 is 0. The van der Waals surface area contributed by atoms with Crippen LogP contribution in [-0.4, -0.2) is 56.6 Å². The van der Waals surface area contributed by atoms with E-state index in [0.29, 0.717) is 60.0 Å². The zero-order valence-corrected chi connectivity index (χ0v) is 28.8. The van der Waals surface area contributed by atoms with Crippen molar-refractivity contribution in [3.63, 3.8) is 0 Å². The van der Waals surface area contributed by atoms with Gasteiger partial charge < -0.3 is 28.6 Å². The molecule has 0 unspecified atom stereocenters. The van der Waals surface area contributed by atoms with Gasteiger partial charge in [0.2, 0.25) is 0 Å². The Morgan fingerprint density at radius 1 is 0.660 bits per heavy atom. The van der Waals surface area contributed by atoms with Gasteiger partial charge in [-0.1, -0.05) is 25.3 Å². The minimum absolute atomic E-state index is 0.0450. The van der Waals surface area contributed by atoms with E-state index in [1.807, 2.05) is 0 Å². The van der Waals surface area contributed by atoms with E-state index in [-0.39, 0.29) is 17.9 Å². The Balaban J connectivity index is 1.23. The van der Waals surface area contributed by atoms with Crippen molar-refractivity contribution in [3.8, 4) is 23.0 Å². The number of hydrogen-bond acceptors (Lipinski definition) is 13. The Labute approximate surface area is 305 Å². The molecule has 13 nitrogen and oxygen atoms in total. The average molecular weight is 721 g/mol. The first-order valence-corrected chi connectivity index (χ1v) is 16.1. The molecule has 0 fully saturated rings. The van der Waals surface area contributed by atoms with Gasteiger partial charge in [-0.05, 0) is 108 Å². The number of methoxy groups -OCH3 is 1. The molecule has 0 aromatic heterocycles. The van der Waals surface area contributed by atoms with Crippen LogP contribution in [0.5, 0.6) is 23.0 Å². The largest absolute Gasteiger partial charge is 0.494 e. The number of nitrogens with zero attached hydrogens (tertiary/aromatic N) is 2. The van der Waals surface area contributed by atoms with E-state index >= 15 is 0 Å². The predicted octanol–water partition coefficient (Wildman–Crippen LogP) is 6.64. The molecule has 0 bridgehead atoms. The lowest BCUT2D eigenvalue weighted by Crippen LogP contribution is -2.08. The summed E-state index contributed by atoms with van der Waals surface area (Å²) in [6.45, 7) is 7.48. The SMILES string of the molecule is C=CC(=O)OCCCCOc1ccc(C(=O)Oc2ccc(C=NN=Cc3ccc(OOCc4ccc(OC(=O)C=C)cc4)c(C(=O)OC)c3)cc2)cc1. The molecule has 0 spiro atoms. The molecule has 0 N–H and O–H groups in total. The van der Waals surface area contributed by atoms with Crippen LogP contribution in [0.25, 0.3) is 0 Å². The fourth-order valence-electron chi connectivity index (χ4n) is 4.24. The third-order valence-corrected chi connectivity index (χ3v) is 6.97. The van der Waals surface area contributed by atoms with Crippen LogP contribution in [-0.2, 0) is 30.6 Å². The van der Waals surface area contributed by atoms with Gasteiger partial charge in [-0.25, -0.2) is 19.2 Å². The second-order valence-electron chi connectivity index (χ2n) is 10.8. The maximum absolute atomic E-state index is 12.6. The lowest BCUT2D eigenvalue weighted by atomic mass is 10.1. The predicted molar refractivity (Wildman–Crippen MR) is 194 cm³/mol. The molecule has 0 aliphatic rings. The zero-order chi connectivity index (χ0) is 37.8. The number of carbonyl (C=O) groups excluding carboxylic acids is 4. The summed E-state index contributed by atoms with van der Waals surface area (Å²) in [5.74, 6) is -0.751. The van der Waals surface area contributed by atoms with Crippen LogP contribution in [0.1, 0.15) is 50.2 Å². The first kappa shape index (κ1) is 38.9. The molecule has 272 valence electrons. The molecule has 0 amide bonds. The second-order valence-corrected chi connectivity index (χ2v) is 10.8. The maximum atomic E-state index is 12.6. The zero-order valence-electron chi connectivity index (χ0n) is 28.8. The Hall–Kier alpha value is -6.86. The molecule has 4 aromatic carbocycles. The van der Waals surface area contributed by atoms with Crippen LogP contribution < -0.4 is 19.1 Å². The monoisotopic (exact) mass is 720 g/mol. The number of carbonyl (C=O) groups is 4. The average Bonchev–Trinajstić information content (AvgIpc) is 3.19. The lowest BCUT2D eigenvalue weighted by Gasteiger charge is -2.10. The third-order valence-electron chi connectivity index (χ3n) is 6.97. The van der Waals surface area contributed by atoms with Gasteiger partial charge in [0.25, 0.3) is 0 Å². The van der Waals surface area contributed by atoms with Crippen molar-refractivity contribution in [2.45, 2.75) is 19.4 Å². The minimum Gasteiger partial charge on any atom is -0.494 e. The van der Waals surface area contributed by atoms with Gasteiger partial charge in [0.05, 0.1) is 38.3 Å². The van der Waals surface area contributed by atoms with Gasteiger partial charge in [0, 0.05) is 12.2 Å². The fourth-order valence-corrected chi connectivity index (χ4v) is 4.24. The summed E-state index contributed by atoms with van der Waals surface area (Å²) in [5, 5.41) is 8.10. The highest BCUT2D eigenvalue weighted by Gasteiger charge is 2.15. The van der Waals surface area contributed by atoms with E-state index in [4.69, 9.17) is 33.5 Å². The smallest absolute Gasteiger partial charge is 0.343 e. The number of benzene rings is 4. The summed E-state index contributed by atoms with van der Waals surface area (Å²) in [6, 6.07) is 24.6. The molecule has 0 radical (unpaired) electrons. The van der Waals surface area contributed by atoms with E-state index in [2.05, 4.69) is 23.4 Å². The minimum atomic E-state index is -0.642. The molecule has 0 heterocycles. The van der Waals surface area contributed by atoms with E-state index in [1.54, 1.807) is 78.9 Å². The normalized spacial score (nSPS) is 10.7. The Bertz CT molecular complexity index is 1940. The quantitative estimate of drug-likeness (QED) is 0.0195. The second kappa shape index (κ2) is 20.7. The first-order valence-electron chi connectivity index (χ1n) is 16.1. The van der Waals surface area contributed by atoms with E-state index in [9.17, 15) is 19.2 Å². The molecule has 13 heteroatoms. The molecule has 0 saturated carbocycles. The van der Waals surface area contributed by atoms with Crippen molar-refractivity contribution in [3.05, 3.63) is 144 Å². The summed E-state index contributed by atoms with van der Waals surface area (Å²) < 4.78 is 26.0. The van der Waals surface area contributed by atoms with E-state index in [0.717, 1.165) is 17.7 Å². The number of rotatable bonds is 19. The molecule has 53 heavy (non-hydrogen) atoms.